The average molecular weight is 933 g/mol. The number of piperazine rings is 1. The van der Waals surface area contributed by atoms with E-state index in [2.05, 4.69) is 24.9 Å². The first-order valence-electron chi connectivity index (χ1n) is 22.8. The van der Waals surface area contributed by atoms with E-state index < -0.39 is 23.5 Å². The molecule has 2 aliphatic rings. The maximum absolute atomic E-state index is 14.6. The molecule has 6 aromatic rings. The van der Waals surface area contributed by atoms with Crippen LogP contribution in [0.1, 0.15) is 74.5 Å². The number of fused-ring (bicyclic) bond motifs is 1. The topological polar surface area (TPSA) is 142 Å². The molecule has 3 aromatic carbocycles. The molecule has 1 amide bonds. The zero-order chi connectivity index (χ0) is 48.1. The van der Waals surface area contributed by atoms with Gasteiger partial charge in [0.05, 0.1) is 22.8 Å². The second kappa shape index (κ2) is 20.5. The molecule has 18 heteroatoms. The molecule has 0 N–H and O–H groups in total. The highest BCUT2D eigenvalue weighted by atomic mass is 19.4. The summed E-state index contributed by atoms with van der Waals surface area (Å²) < 4.78 is 47.8. The Morgan fingerprint density at radius 3 is 2.21 bits per heavy atom. The van der Waals surface area contributed by atoms with Crippen LogP contribution >= 0.6 is 0 Å². The monoisotopic (exact) mass is 932 g/mol. The van der Waals surface area contributed by atoms with E-state index in [9.17, 15) is 37.1 Å². The van der Waals surface area contributed by atoms with Crippen LogP contribution in [0, 0.1) is 0 Å². The molecule has 0 saturated carbocycles. The Morgan fingerprint density at radius 1 is 0.853 bits per heavy atom. The number of benzene rings is 3. The Morgan fingerprint density at radius 2 is 1.56 bits per heavy atom. The van der Waals surface area contributed by atoms with E-state index in [-0.39, 0.29) is 30.4 Å². The molecule has 3 aromatic heterocycles. The van der Waals surface area contributed by atoms with Crippen LogP contribution in [0.5, 0.6) is 0 Å². The normalized spacial score (nSPS) is 15.5. The molecule has 2 saturated heterocycles. The summed E-state index contributed by atoms with van der Waals surface area (Å²) in [4.78, 5) is 72.1. The van der Waals surface area contributed by atoms with E-state index in [0.717, 1.165) is 78.0 Å². The van der Waals surface area contributed by atoms with E-state index in [1.54, 1.807) is 41.0 Å². The largest absolute Gasteiger partial charge is 0.418 e. The van der Waals surface area contributed by atoms with Crippen LogP contribution in [0.4, 0.5) is 24.5 Å². The number of pyridine rings is 1. The van der Waals surface area contributed by atoms with Crippen LogP contribution in [0.2, 0.25) is 0 Å². The van der Waals surface area contributed by atoms with Gasteiger partial charge in [0.1, 0.15) is 31.0 Å². The Labute approximate surface area is 392 Å². The number of aromatic nitrogens is 5. The number of halogens is 3. The van der Waals surface area contributed by atoms with Gasteiger partial charge in [-0.1, -0.05) is 12.1 Å². The SMILES string of the molecule is CN(Cc1cc(N2CCN(c3ccc(C(=O)N(C)C4CCN(Cc5cc(C(F)(F)F)c6cn(-c7cccc(Cc8nncn8C)c7)c(=O)n6c5)CC4)cc3)CC2)ccc1C=O)C(C=O)CCC=O. The summed E-state index contributed by atoms with van der Waals surface area (Å²) in [5, 5.41) is 8.02. The minimum absolute atomic E-state index is 0.0591. The van der Waals surface area contributed by atoms with Crippen molar-refractivity contribution in [3.63, 3.8) is 0 Å². The third-order valence-corrected chi connectivity index (χ3v) is 13.4. The zero-order valence-electron chi connectivity index (χ0n) is 38.4. The number of likely N-dealkylation sites (N-methyl/N-ethyl adjacent to an activating group) is 1. The fourth-order valence-electron chi connectivity index (χ4n) is 9.40. The molecule has 0 bridgehead atoms. The van der Waals surface area contributed by atoms with Gasteiger partial charge in [0.15, 0.2) is 0 Å². The van der Waals surface area contributed by atoms with Crippen molar-refractivity contribution in [2.24, 2.45) is 7.05 Å². The minimum Gasteiger partial charge on any atom is -0.368 e. The van der Waals surface area contributed by atoms with Gasteiger partial charge in [0.2, 0.25) is 0 Å². The predicted octanol–water partition coefficient (Wildman–Crippen LogP) is 5.68. The van der Waals surface area contributed by atoms with Gasteiger partial charge in [0, 0.05) is 120 Å². The Kier molecular flexibility index (Phi) is 14.4. The van der Waals surface area contributed by atoms with E-state index in [4.69, 9.17) is 0 Å². The molecule has 8 rings (SSSR count). The van der Waals surface area contributed by atoms with Crippen molar-refractivity contribution in [2.45, 2.75) is 63.5 Å². The molecule has 1 unspecified atom stereocenters. The van der Waals surface area contributed by atoms with Gasteiger partial charge in [-0.25, -0.2) is 4.79 Å². The van der Waals surface area contributed by atoms with Crippen molar-refractivity contribution < 1.29 is 32.3 Å². The Hall–Kier alpha value is -6.92. The van der Waals surface area contributed by atoms with Crippen molar-refractivity contribution in [1.82, 2.24) is 38.4 Å². The quantitative estimate of drug-likeness (QED) is 0.104. The lowest BCUT2D eigenvalue weighted by Gasteiger charge is -2.38. The number of alkyl halides is 3. The third kappa shape index (κ3) is 10.5. The summed E-state index contributed by atoms with van der Waals surface area (Å²) in [6.45, 7) is 4.67. The first kappa shape index (κ1) is 47.6. The molecule has 0 aliphatic carbocycles. The van der Waals surface area contributed by atoms with Gasteiger partial charge in [-0.3, -0.25) is 28.4 Å². The maximum Gasteiger partial charge on any atom is 0.418 e. The summed E-state index contributed by atoms with van der Waals surface area (Å²) in [6, 6.07) is 21.1. The first-order chi connectivity index (χ1) is 32.7. The number of hydrogen-bond acceptors (Lipinski definition) is 11. The fourth-order valence-corrected chi connectivity index (χ4v) is 9.40. The number of amides is 1. The number of imidazole rings is 1. The predicted molar refractivity (Wildman–Crippen MR) is 252 cm³/mol. The maximum atomic E-state index is 14.6. The summed E-state index contributed by atoms with van der Waals surface area (Å²) in [7, 11) is 5.43. The number of aldehydes is 3. The molecule has 2 fully saturated rings. The molecular formula is C50H55F3N10O5. The van der Waals surface area contributed by atoms with Crippen LogP contribution in [-0.2, 0) is 42.3 Å². The minimum atomic E-state index is -4.70. The number of carbonyl (C=O) groups excluding carboxylic acids is 4. The number of hydrogen-bond donors (Lipinski definition) is 0. The molecule has 15 nitrogen and oxygen atoms in total. The van der Waals surface area contributed by atoms with Gasteiger partial charge in [0.25, 0.3) is 5.91 Å². The number of aryl methyl sites for hydroxylation is 1. The number of likely N-dealkylation sites (tertiary alicyclic amines) is 1. The van der Waals surface area contributed by atoms with Gasteiger partial charge in [-0.15, -0.1) is 10.2 Å². The van der Waals surface area contributed by atoms with Crippen LogP contribution in [0.15, 0.2) is 96.3 Å². The van der Waals surface area contributed by atoms with Gasteiger partial charge in [-0.2, -0.15) is 13.2 Å². The standard InChI is InChI=1S/C50H55F3N10O5/c1-56(44(33-66)8-5-23-64)30-39-27-42(14-11-38(39)32-65)61-21-19-60(20-22-61)41-12-9-37(10-13-41)48(67)58(3)40-15-17-59(18-16-40)28-36-25-45(50(51,52)53)46-31-62(49(68)63(46)29-36)43-7-4-6-35(24-43)26-47-55-54-34-57(47)2/h4,6-7,9-14,23-25,27,29,31-34,40,44H,5,8,15-22,26,28,30H2,1-3H3. The van der Waals surface area contributed by atoms with Crippen molar-refractivity contribution in [1.29, 1.82) is 0 Å². The third-order valence-electron chi connectivity index (χ3n) is 13.4. The lowest BCUT2D eigenvalue weighted by molar-refractivity contribution is -0.136. The first-order valence-corrected chi connectivity index (χ1v) is 22.8. The smallest absolute Gasteiger partial charge is 0.368 e. The number of nitrogens with zero attached hydrogens (tertiary/aromatic N) is 10. The van der Waals surface area contributed by atoms with Gasteiger partial charge >= 0.3 is 11.9 Å². The molecule has 0 spiro atoms. The van der Waals surface area contributed by atoms with E-state index in [0.29, 0.717) is 73.5 Å². The van der Waals surface area contributed by atoms with Crippen molar-refractivity contribution in [3.8, 4) is 5.69 Å². The molecule has 2 aliphatic heterocycles. The van der Waals surface area contributed by atoms with E-state index in [1.165, 1.54) is 17.0 Å². The van der Waals surface area contributed by atoms with Crippen LogP contribution < -0.4 is 15.5 Å². The number of anilines is 2. The second-order valence-electron chi connectivity index (χ2n) is 17.8. The van der Waals surface area contributed by atoms with Crippen LogP contribution in [0.25, 0.3) is 11.2 Å². The number of rotatable bonds is 17. The highest BCUT2D eigenvalue weighted by Crippen LogP contribution is 2.34. The van der Waals surface area contributed by atoms with Gasteiger partial charge in [-0.05, 0) is 104 Å². The van der Waals surface area contributed by atoms with E-state index in [1.807, 2.05) is 67.5 Å². The average Bonchev–Trinajstić information content (AvgIpc) is 3.91. The van der Waals surface area contributed by atoms with Crippen molar-refractivity contribution >= 4 is 41.7 Å². The summed E-state index contributed by atoms with van der Waals surface area (Å²) >= 11 is 0. The lowest BCUT2D eigenvalue weighted by atomic mass is 10.0. The van der Waals surface area contributed by atoms with Crippen LogP contribution in [-0.4, -0.2) is 129 Å². The number of piperidine rings is 1. The lowest BCUT2D eigenvalue weighted by Crippen LogP contribution is -2.46. The van der Waals surface area contributed by atoms with E-state index >= 15 is 0 Å². The zero-order valence-corrected chi connectivity index (χ0v) is 38.4. The molecule has 0 radical (unpaired) electrons. The second-order valence-corrected chi connectivity index (χ2v) is 17.8. The molecular weight excluding hydrogens is 878 g/mol. The fraction of sp³-hybridized carbons (Fsp3) is 0.380. The molecule has 68 heavy (non-hydrogen) atoms. The summed E-state index contributed by atoms with van der Waals surface area (Å²) in [6.07, 6.45) is 4.50. The molecule has 1 atom stereocenters. The highest BCUT2D eigenvalue weighted by molar-refractivity contribution is 5.94. The highest BCUT2D eigenvalue weighted by Gasteiger charge is 2.35. The van der Waals surface area contributed by atoms with Crippen molar-refractivity contribution in [3.05, 3.63) is 141 Å². The van der Waals surface area contributed by atoms with Crippen LogP contribution in [0.3, 0.4) is 0 Å². The summed E-state index contributed by atoms with van der Waals surface area (Å²) in [5.41, 5.74) is 3.84. The van der Waals surface area contributed by atoms with Crippen molar-refractivity contribution in [2.75, 3.05) is 63.2 Å². The number of carbonyl (C=O) groups is 4. The molecule has 5 heterocycles. The Balaban J connectivity index is 0.859. The molecule has 356 valence electrons. The van der Waals surface area contributed by atoms with Gasteiger partial charge < -0.3 is 28.9 Å². The Bertz CT molecular complexity index is 2820. The summed E-state index contributed by atoms with van der Waals surface area (Å²) in [5.74, 6) is 0.600.